The normalized spacial score (nSPS) is 11.8. The van der Waals surface area contributed by atoms with Gasteiger partial charge in [0.25, 0.3) is 0 Å². The van der Waals surface area contributed by atoms with Crippen LogP contribution in [0.1, 0.15) is 12.0 Å². The van der Waals surface area contributed by atoms with Crippen molar-refractivity contribution in [1.29, 1.82) is 0 Å². The van der Waals surface area contributed by atoms with E-state index >= 15 is 0 Å². The fourth-order valence-electron chi connectivity index (χ4n) is 1.42. The maximum absolute atomic E-state index is 12.1. The van der Waals surface area contributed by atoms with E-state index in [-0.39, 0.29) is 30.5 Å². The van der Waals surface area contributed by atoms with Crippen LogP contribution in [-0.4, -0.2) is 37.7 Å². The van der Waals surface area contributed by atoms with Crippen molar-refractivity contribution in [1.82, 2.24) is 10.2 Å². The van der Waals surface area contributed by atoms with Crippen molar-refractivity contribution in [3.63, 3.8) is 0 Å². The molecule has 0 heterocycles. The fourth-order valence-corrected chi connectivity index (χ4v) is 1.42. The molecular weight excluding hydrogens is 382 g/mol. The largest absolute Gasteiger partial charge is 0.390 e. The van der Waals surface area contributed by atoms with Gasteiger partial charge in [-0.15, -0.1) is 24.0 Å². The van der Waals surface area contributed by atoms with E-state index < -0.39 is 12.6 Å². The van der Waals surface area contributed by atoms with E-state index in [4.69, 9.17) is 0 Å². The maximum Gasteiger partial charge on any atom is 0.390 e. The summed E-state index contributed by atoms with van der Waals surface area (Å²) in [6.07, 6.45) is -5.02. The number of hydrogen-bond donors (Lipinski definition) is 1. The van der Waals surface area contributed by atoms with Gasteiger partial charge in [0.05, 0.1) is 13.0 Å². The van der Waals surface area contributed by atoms with Crippen LogP contribution in [-0.2, 0) is 6.54 Å². The summed E-state index contributed by atoms with van der Waals surface area (Å²) in [6, 6.07) is 9.55. The Morgan fingerprint density at radius 1 is 1.20 bits per heavy atom. The Bertz CT molecular complexity index is 405. The summed E-state index contributed by atoms with van der Waals surface area (Å²) in [5.74, 6) is 0.452. The second-order valence-corrected chi connectivity index (χ2v) is 4.31. The third-order valence-electron chi connectivity index (χ3n) is 2.37. The molecule has 0 atom stereocenters. The van der Waals surface area contributed by atoms with Gasteiger partial charge < -0.3 is 10.2 Å². The summed E-state index contributed by atoms with van der Waals surface area (Å²) >= 11 is 0. The van der Waals surface area contributed by atoms with Gasteiger partial charge in [-0.3, -0.25) is 0 Å². The van der Waals surface area contributed by atoms with Crippen molar-refractivity contribution in [2.75, 3.05) is 20.6 Å². The number of guanidine groups is 1. The summed E-state index contributed by atoms with van der Waals surface area (Å²) < 4.78 is 36.2. The van der Waals surface area contributed by atoms with E-state index in [0.29, 0.717) is 12.5 Å². The summed E-state index contributed by atoms with van der Waals surface area (Å²) in [6.45, 7) is 0.267. The average molecular weight is 401 g/mol. The molecule has 3 nitrogen and oxygen atoms in total. The van der Waals surface area contributed by atoms with Crippen molar-refractivity contribution in [3.05, 3.63) is 35.9 Å². The molecule has 0 unspecified atom stereocenters. The Kier molecular flexibility index (Phi) is 8.59. The molecule has 0 bridgehead atoms. The minimum Gasteiger partial charge on any atom is -0.356 e. The molecule has 0 aliphatic carbocycles. The van der Waals surface area contributed by atoms with Crippen molar-refractivity contribution in [2.45, 2.75) is 19.1 Å². The fraction of sp³-hybridized carbons (Fsp3) is 0.462. The molecule has 0 saturated heterocycles. The van der Waals surface area contributed by atoms with E-state index in [2.05, 4.69) is 10.3 Å². The van der Waals surface area contributed by atoms with Crippen molar-refractivity contribution in [2.24, 2.45) is 4.99 Å². The molecule has 1 rings (SSSR count). The zero-order valence-electron chi connectivity index (χ0n) is 11.4. The van der Waals surface area contributed by atoms with Gasteiger partial charge in [0.15, 0.2) is 5.96 Å². The molecule has 0 saturated carbocycles. The molecule has 0 fully saturated rings. The topological polar surface area (TPSA) is 27.6 Å². The molecule has 1 aromatic carbocycles. The van der Waals surface area contributed by atoms with E-state index in [1.54, 1.807) is 19.0 Å². The highest BCUT2D eigenvalue weighted by Crippen LogP contribution is 2.18. The molecule has 114 valence electrons. The first-order chi connectivity index (χ1) is 8.88. The number of rotatable bonds is 4. The molecule has 0 amide bonds. The van der Waals surface area contributed by atoms with Crippen LogP contribution in [0.25, 0.3) is 0 Å². The highest BCUT2D eigenvalue weighted by molar-refractivity contribution is 14.0. The van der Waals surface area contributed by atoms with Crippen LogP contribution >= 0.6 is 24.0 Å². The van der Waals surface area contributed by atoms with Crippen LogP contribution in [0.2, 0.25) is 0 Å². The first kappa shape index (κ1) is 19.0. The van der Waals surface area contributed by atoms with Crippen molar-refractivity contribution in [3.8, 4) is 0 Å². The van der Waals surface area contributed by atoms with Gasteiger partial charge in [-0.2, -0.15) is 13.2 Å². The van der Waals surface area contributed by atoms with Gasteiger partial charge in [-0.1, -0.05) is 30.3 Å². The molecule has 7 heteroatoms. The monoisotopic (exact) mass is 401 g/mol. The molecule has 20 heavy (non-hydrogen) atoms. The third-order valence-corrected chi connectivity index (χ3v) is 2.37. The lowest BCUT2D eigenvalue weighted by Crippen LogP contribution is -2.38. The quantitative estimate of drug-likeness (QED) is 0.477. The number of nitrogens with one attached hydrogen (secondary N) is 1. The molecule has 0 aliphatic rings. The van der Waals surface area contributed by atoms with Gasteiger partial charge in [0.1, 0.15) is 0 Å². The van der Waals surface area contributed by atoms with Gasteiger partial charge in [0.2, 0.25) is 0 Å². The SMILES string of the molecule is CN(C)C(=NCc1ccccc1)NCCC(F)(F)F.I. The van der Waals surface area contributed by atoms with Crippen LogP contribution in [0.15, 0.2) is 35.3 Å². The minimum atomic E-state index is -4.15. The molecule has 0 aromatic heterocycles. The van der Waals surface area contributed by atoms with Gasteiger partial charge in [-0.25, -0.2) is 4.99 Å². The van der Waals surface area contributed by atoms with Gasteiger partial charge in [0, 0.05) is 20.6 Å². The number of benzene rings is 1. The zero-order valence-corrected chi connectivity index (χ0v) is 13.8. The highest BCUT2D eigenvalue weighted by atomic mass is 127. The standard InChI is InChI=1S/C13H18F3N3.HI/c1-19(2)12(17-9-8-13(14,15)16)18-10-11-6-4-3-5-7-11;/h3-7H,8-10H2,1-2H3,(H,17,18);1H. The first-order valence-corrected chi connectivity index (χ1v) is 5.95. The summed E-state index contributed by atoms with van der Waals surface area (Å²) in [4.78, 5) is 5.94. The molecule has 0 spiro atoms. The summed E-state index contributed by atoms with van der Waals surface area (Å²) in [7, 11) is 3.48. The first-order valence-electron chi connectivity index (χ1n) is 5.95. The maximum atomic E-state index is 12.1. The predicted molar refractivity (Wildman–Crippen MR) is 85.4 cm³/mol. The van der Waals surface area contributed by atoms with Gasteiger partial charge >= 0.3 is 6.18 Å². The lowest BCUT2D eigenvalue weighted by atomic mass is 10.2. The lowest BCUT2D eigenvalue weighted by molar-refractivity contribution is -0.132. The summed E-state index contributed by atoms with van der Waals surface area (Å²) in [5, 5.41) is 2.70. The predicted octanol–water partition coefficient (Wildman–Crippen LogP) is 3.26. The van der Waals surface area contributed by atoms with Crippen molar-refractivity contribution < 1.29 is 13.2 Å². The Hall–Kier alpha value is -0.990. The smallest absolute Gasteiger partial charge is 0.356 e. The number of halogens is 4. The van der Waals surface area contributed by atoms with E-state index in [1.807, 2.05) is 30.3 Å². The number of alkyl halides is 3. The van der Waals surface area contributed by atoms with Gasteiger partial charge in [-0.05, 0) is 5.56 Å². The zero-order chi connectivity index (χ0) is 14.3. The average Bonchev–Trinajstić information content (AvgIpc) is 2.33. The Balaban J connectivity index is 0.00000361. The van der Waals surface area contributed by atoms with Crippen LogP contribution in [0.4, 0.5) is 13.2 Å². The minimum absolute atomic E-state index is 0. The van der Waals surface area contributed by atoms with E-state index in [1.165, 1.54) is 0 Å². The third kappa shape index (κ3) is 8.23. The number of nitrogens with zero attached hydrogens (tertiary/aromatic N) is 2. The second kappa shape index (κ2) is 9.04. The van der Waals surface area contributed by atoms with E-state index in [0.717, 1.165) is 5.56 Å². The van der Waals surface area contributed by atoms with Crippen LogP contribution in [0.5, 0.6) is 0 Å². The number of hydrogen-bond acceptors (Lipinski definition) is 1. The van der Waals surface area contributed by atoms with Crippen LogP contribution in [0, 0.1) is 0 Å². The summed E-state index contributed by atoms with van der Waals surface area (Å²) in [5.41, 5.74) is 1.01. The molecule has 0 radical (unpaired) electrons. The Morgan fingerprint density at radius 3 is 2.30 bits per heavy atom. The second-order valence-electron chi connectivity index (χ2n) is 4.31. The van der Waals surface area contributed by atoms with E-state index in [9.17, 15) is 13.2 Å². The van der Waals surface area contributed by atoms with Crippen LogP contribution < -0.4 is 5.32 Å². The molecule has 0 aliphatic heterocycles. The molecule has 1 N–H and O–H groups in total. The van der Waals surface area contributed by atoms with Crippen molar-refractivity contribution >= 4 is 29.9 Å². The number of aliphatic imine (C=N–C) groups is 1. The highest BCUT2D eigenvalue weighted by Gasteiger charge is 2.26. The lowest BCUT2D eigenvalue weighted by Gasteiger charge is -2.18. The molecular formula is C13H19F3IN3. The Morgan fingerprint density at radius 2 is 1.80 bits per heavy atom. The molecule has 1 aromatic rings. The van der Waals surface area contributed by atoms with Crippen LogP contribution in [0.3, 0.4) is 0 Å². The Labute approximate surface area is 134 Å².